The molecule has 0 aromatic heterocycles. The Bertz CT molecular complexity index is 1500. The highest BCUT2D eigenvalue weighted by molar-refractivity contribution is 7.85. The Morgan fingerprint density at radius 3 is 1.85 bits per heavy atom. The van der Waals surface area contributed by atoms with Gasteiger partial charge in [0.1, 0.15) is 0 Å². The van der Waals surface area contributed by atoms with Crippen molar-refractivity contribution >= 4 is 26.6 Å². The minimum absolute atomic E-state index is 0.0261. The van der Waals surface area contributed by atoms with Gasteiger partial charge in [-0.1, -0.05) is 65.8 Å². The molecule has 3 heteroatoms. The normalized spacial score (nSPS) is 17.5. The summed E-state index contributed by atoms with van der Waals surface area (Å²) in [5.74, 6) is -0.470. The number of allylic oxidation sites excluding steroid dienone is 4. The lowest BCUT2D eigenvalue weighted by molar-refractivity contribution is 0.0969. The van der Waals surface area contributed by atoms with Gasteiger partial charge in [-0.3, -0.25) is 4.79 Å². The van der Waals surface area contributed by atoms with Crippen molar-refractivity contribution in [3.05, 3.63) is 105 Å². The molecule has 1 heterocycles. The Morgan fingerprint density at radius 2 is 1.26 bits per heavy atom. The summed E-state index contributed by atoms with van der Waals surface area (Å²) < 4.78 is 13.5. The molecule has 2 aliphatic rings. The summed E-state index contributed by atoms with van der Waals surface area (Å²) in [7, 11) is -1.35. The van der Waals surface area contributed by atoms with Gasteiger partial charge < -0.3 is 4.21 Å². The van der Waals surface area contributed by atoms with Gasteiger partial charge in [-0.2, -0.15) is 0 Å². The topological polar surface area (TPSA) is 34.1 Å². The Morgan fingerprint density at radius 1 is 0.706 bits per heavy atom. The number of fused-ring (bicyclic) bond motifs is 2. The summed E-state index contributed by atoms with van der Waals surface area (Å²) in [4.78, 5) is 15.1. The number of hydrogen-bond acceptors (Lipinski definition) is 3. The molecule has 0 N–H and O–H groups in total. The van der Waals surface area contributed by atoms with Crippen LogP contribution in [-0.2, 0) is 14.6 Å². The molecule has 0 fully saturated rings. The van der Waals surface area contributed by atoms with Crippen molar-refractivity contribution in [2.24, 2.45) is 5.92 Å². The molecule has 0 saturated carbocycles. The second kappa shape index (κ2) is 8.25. The molecule has 3 aromatic carbocycles. The van der Waals surface area contributed by atoms with Crippen LogP contribution in [0.4, 0.5) is 0 Å². The number of benzene rings is 3. The van der Waals surface area contributed by atoms with E-state index in [1.165, 1.54) is 33.4 Å². The maximum atomic E-state index is 13.8. The second-order valence-electron chi connectivity index (χ2n) is 9.73. The number of rotatable bonds is 2. The number of hydrogen-bond donors (Lipinski definition) is 0. The molecule has 5 rings (SSSR count). The molecule has 0 saturated heterocycles. The largest absolute Gasteiger partial charge is 0.457 e. The SMILES string of the molecule is Cc1cc(C)c(C2=CC3C(=O)c4cc(-c5c(C)cc(C)cc5C)ccc4[S-](=O)=C3C=C2)c(C)c1. The van der Waals surface area contributed by atoms with Crippen molar-refractivity contribution in [1.29, 1.82) is 0 Å². The summed E-state index contributed by atoms with van der Waals surface area (Å²) >= 11 is 0. The highest BCUT2D eigenvalue weighted by atomic mass is 32.2. The highest BCUT2D eigenvalue weighted by Crippen LogP contribution is 2.36. The van der Waals surface area contributed by atoms with E-state index in [1.54, 1.807) is 0 Å². The Kier molecular flexibility index (Phi) is 5.49. The number of ketones is 1. The summed E-state index contributed by atoms with van der Waals surface area (Å²) in [6.07, 6.45) is 5.93. The zero-order valence-corrected chi connectivity index (χ0v) is 21.4. The van der Waals surface area contributed by atoms with E-state index in [1.807, 2.05) is 36.4 Å². The van der Waals surface area contributed by atoms with Crippen molar-refractivity contribution in [2.45, 2.75) is 46.4 Å². The van der Waals surface area contributed by atoms with Gasteiger partial charge in [0.05, 0.1) is 0 Å². The van der Waals surface area contributed by atoms with Crippen molar-refractivity contribution in [3.63, 3.8) is 0 Å². The molecular weight excluding hydrogens is 436 g/mol. The third-order valence-electron chi connectivity index (χ3n) is 6.95. The fourth-order valence-electron chi connectivity index (χ4n) is 5.75. The lowest BCUT2D eigenvalue weighted by atomic mass is 9.83. The lowest BCUT2D eigenvalue weighted by Crippen LogP contribution is -2.30. The van der Waals surface area contributed by atoms with Crippen LogP contribution in [0.1, 0.15) is 49.3 Å². The maximum Gasteiger partial charge on any atom is 0.170 e. The van der Waals surface area contributed by atoms with Gasteiger partial charge in [0.2, 0.25) is 0 Å². The molecule has 2 nitrogen and oxygen atoms in total. The van der Waals surface area contributed by atoms with Crippen molar-refractivity contribution < 1.29 is 9.00 Å². The molecule has 1 aliphatic heterocycles. The van der Waals surface area contributed by atoms with Crippen LogP contribution >= 0.6 is 0 Å². The van der Waals surface area contributed by atoms with E-state index in [9.17, 15) is 9.00 Å². The number of aryl methyl sites for hydroxylation is 6. The van der Waals surface area contributed by atoms with Crippen LogP contribution in [0.25, 0.3) is 16.7 Å². The summed E-state index contributed by atoms with van der Waals surface area (Å²) in [6.45, 7) is 12.6. The van der Waals surface area contributed by atoms with Crippen LogP contribution in [0.2, 0.25) is 0 Å². The van der Waals surface area contributed by atoms with Crippen molar-refractivity contribution in [1.82, 2.24) is 0 Å². The number of Topliss-reactive ketones (excluding diaryl/α,β-unsaturated/α-hetero) is 1. The molecule has 172 valence electrons. The minimum Gasteiger partial charge on any atom is -0.457 e. The van der Waals surface area contributed by atoms with Gasteiger partial charge in [0.25, 0.3) is 0 Å². The minimum atomic E-state index is -1.35. The van der Waals surface area contributed by atoms with Gasteiger partial charge >= 0.3 is 0 Å². The zero-order valence-electron chi connectivity index (χ0n) is 20.6. The summed E-state index contributed by atoms with van der Waals surface area (Å²) in [5, 5.41) is 0. The van der Waals surface area contributed by atoms with E-state index in [4.69, 9.17) is 0 Å². The van der Waals surface area contributed by atoms with E-state index >= 15 is 0 Å². The first-order valence-electron chi connectivity index (χ1n) is 11.7. The van der Waals surface area contributed by atoms with Crippen LogP contribution in [0.15, 0.2) is 65.6 Å². The van der Waals surface area contributed by atoms with Gasteiger partial charge in [0, 0.05) is 11.5 Å². The first kappa shape index (κ1) is 22.6. The highest BCUT2D eigenvalue weighted by Gasteiger charge is 2.28. The molecule has 3 aromatic rings. The molecule has 0 amide bonds. The third-order valence-corrected chi connectivity index (χ3v) is 8.53. The quantitative estimate of drug-likeness (QED) is 0.297. The Balaban J connectivity index is 1.64. The van der Waals surface area contributed by atoms with Crippen molar-refractivity contribution in [2.75, 3.05) is 0 Å². The molecule has 0 radical (unpaired) electrons. The fraction of sp³-hybridized carbons (Fsp3) is 0.226. The smallest absolute Gasteiger partial charge is 0.170 e. The van der Waals surface area contributed by atoms with E-state index < -0.39 is 16.3 Å². The summed E-state index contributed by atoms with van der Waals surface area (Å²) in [5.41, 5.74) is 12.1. The standard InChI is InChI=1S/C31H29O2S/c1-17-11-19(3)29(20(4)12-17)23-7-9-27-25(15-23)31(32)26-16-24(8-10-28(26)34(27)33)30-21(5)13-18(2)14-22(30)6/h7-16,25H,1-6H3/q-1. The van der Waals surface area contributed by atoms with E-state index in [-0.39, 0.29) is 5.78 Å². The average Bonchev–Trinajstić information content (AvgIpc) is 2.76. The van der Waals surface area contributed by atoms with Gasteiger partial charge in [0.15, 0.2) is 5.78 Å². The first-order chi connectivity index (χ1) is 16.2. The van der Waals surface area contributed by atoms with E-state index in [0.29, 0.717) is 15.3 Å². The third kappa shape index (κ3) is 3.59. The van der Waals surface area contributed by atoms with Crippen LogP contribution in [0.5, 0.6) is 0 Å². The molecule has 34 heavy (non-hydrogen) atoms. The monoisotopic (exact) mass is 465 g/mol. The Hall–Kier alpha value is -3.17. The van der Waals surface area contributed by atoms with Gasteiger partial charge in [-0.25, -0.2) is 10.4 Å². The van der Waals surface area contributed by atoms with Gasteiger partial charge in [-0.15, -0.1) is 9.76 Å². The maximum absolute atomic E-state index is 13.8. The van der Waals surface area contributed by atoms with Crippen LogP contribution < -0.4 is 0 Å². The lowest BCUT2D eigenvalue weighted by Gasteiger charge is -2.32. The number of carbonyl (C=O) groups excluding carboxylic acids is 1. The number of carbonyl (C=O) groups is 1. The zero-order chi connectivity index (χ0) is 24.3. The van der Waals surface area contributed by atoms with Crippen molar-refractivity contribution in [3.8, 4) is 11.1 Å². The Labute approximate surface area is 204 Å². The second-order valence-corrected chi connectivity index (χ2v) is 11.2. The fourth-order valence-corrected chi connectivity index (χ4v) is 7.15. The van der Waals surface area contributed by atoms with E-state index in [0.717, 1.165) is 22.3 Å². The van der Waals surface area contributed by atoms with Crippen LogP contribution in [0.3, 0.4) is 0 Å². The van der Waals surface area contributed by atoms with Gasteiger partial charge in [-0.05, 0) is 92.1 Å². The molecule has 0 spiro atoms. The summed E-state index contributed by atoms with van der Waals surface area (Å²) in [6, 6.07) is 14.5. The molecule has 0 bridgehead atoms. The molecule has 1 atom stereocenters. The molecule has 1 unspecified atom stereocenters. The first-order valence-corrected chi connectivity index (χ1v) is 12.8. The molecule has 1 aliphatic carbocycles. The van der Waals surface area contributed by atoms with Crippen LogP contribution in [0, 0.1) is 47.5 Å². The average molecular weight is 466 g/mol. The van der Waals surface area contributed by atoms with Crippen LogP contribution in [-0.4, -0.2) is 10.6 Å². The molecular formula is C31H29O2S-. The van der Waals surface area contributed by atoms with E-state index in [2.05, 4.69) is 65.8 Å². The predicted octanol–water partition coefficient (Wildman–Crippen LogP) is 7.17. The predicted molar refractivity (Wildman–Crippen MR) is 143 cm³/mol.